The number of nitrogens with one attached hydrogen (secondary N) is 1. The Bertz CT molecular complexity index is 497. The van der Waals surface area contributed by atoms with Gasteiger partial charge in [-0.25, -0.2) is 13.6 Å². The quantitative estimate of drug-likeness (QED) is 0.759. The molecule has 1 rings (SSSR count). The number of aliphatic carboxylic acids is 1. The van der Waals surface area contributed by atoms with Gasteiger partial charge >= 0.3 is 5.97 Å². The smallest absolute Gasteiger partial charge is 0.326 e. The summed E-state index contributed by atoms with van der Waals surface area (Å²) in [5.74, 6) is -3.53. The first kappa shape index (κ1) is 16.4. The number of carbonyl (C=O) groups excluding carboxylic acids is 1. The van der Waals surface area contributed by atoms with Crippen LogP contribution in [0.15, 0.2) is 23.1 Å². The Morgan fingerprint density at radius 2 is 2.05 bits per heavy atom. The second-order valence-electron chi connectivity index (χ2n) is 4.11. The maximum Gasteiger partial charge on any atom is 0.326 e. The van der Waals surface area contributed by atoms with E-state index in [0.29, 0.717) is 17.7 Å². The van der Waals surface area contributed by atoms with Crippen LogP contribution < -0.4 is 5.32 Å². The lowest BCUT2D eigenvalue weighted by atomic mass is 10.2. The van der Waals surface area contributed by atoms with Crippen molar-refractivity contribution in [3.63, 3.8) is 0 Å². The highest BCUT2D eigenvalue weighted by Gasteiger charge is 2.18. The van der Waals surface area contributed by atoms with Crippen molar-refractivity contribution >= 4 is 23.6 Å². The van der Waals surface area contributed by atoms with Gasteiger partial charge in [-0.05, 0) is 24.6 Å². The van der Waals surface area contributed by atoms with Gasteiger partial charge in [0.1, 0.15) is 6.04 Å². The van der Waals surface area contributed by atoms with Crippen molar-refractivity contribution in [2.75, 3.05) is 5.75 Å². The summed E-state index contributed by atoms with van der Waals surface area (Å²) in [6.07, 6.45) is 0.977. The van der Waals surface area contributed by atoms with Crippen molar-refractivity contribution in [3.05, 3.63) is 29.8 Å². The average Bonchev–Trinajstić information content (AvgIpc) is 2.39. The SMILES string of the molecule is CCC[C@H](NC(=O)CSc1ccc(F)c(F)c1)C(=O)O. The number of carboxylic acid groups (broad SMARTS) is 1. The summed E-state index contributed by atoms with van der Waals surface area (Å²) < 4.78 is 25.7. The molecule has 0 aromatic heterocycles. The molecule has 0 radical (unpaired) electrons. The standard InChI is InChI=1S/C13H15F2NO3S/c1-2-3-11(13(18)19)16-12(17)7-20-8-4-5-9(14)10(15)6-8/h4-6,11H,2-3,7H2,1H3,(H,16,17)(H,18,19)/t11-/m0/s1. The highest BCUT2D eigenvalue weighted by atomic mass is 32.2. The fraction of sp³-hybridized carbons (Fsp3) is 0.385. The number of hydrogen-bond acceptors (Lipinski definition) is 3. The Balaban J connectivity index is 2.50. The Labute approximate surface area is 119 Å². The van der Waals surface area contributed by atoms with Crippen LogP contribution in [0.3, 0.4) is 0 Å². The second-order valence-corrected chi connectivity index (χ2v) is 5.16. The zero-order chi connectivity index (χ0) is 15.1. The molecule has 0 saturated heterocycles. The Morgan fingerprint density at radius 1 is 1.35 bits per heavy atom. The molecule has 0 unspecified atom stereocenters. The second kappa shape index (κ2) is 7.84. The largest absolute Gasteiger partial charge is 0.480 e. The molecule has 1 aromatic rings. The molecule has 1 amide bonds. The summed E-state index contributed by atoms with van der Waals surface area (Å²) in [5.41, 5.74) is 0. The van der Waals surface area contributed by atoms with Gasteiger partial charge in [0, 0.05) is 4.90 Å². The van der Waals surface area contributed by atoms with Gasteiger partial charge in [-0.1, -0.05) is 13.3 Å². The third kappa shape index (κ3) is 5.16. The molecule has 1 atom stereocenters. The first-order chi connectivity index (χ1) is 9.43. The van der Waals surface area contributed by atoms with Crippen LogP contribution in [0.1, 0.15) is 19.8 Å². The van der Waals surface area contributed by atoms with Gasteiger partial charge in [0.15, 0.2) is 11.6 Å². The normalized spacial score (nSPS) is 11.9. The van der Waals surface area contributed by atoms with Gasteiger partial charge in [-0.3, -0.25) is 4.79 Å². The molecular weight excluding hydrogens is 288 g/mol. The third-order valence-electron chi connectivity index (χ3n) is 2.47. The minimum Gasteiger partial charge on any atom is -0.480 e. The molecule has 0 fully saturated rings. The minimum atomic E-state index is -1.09. The van der Waals surface area contributed by atoms with Crippen LogP contribution in [0.4, 0.5) is 8.78 Å². The topological polar surface area (TPSA) is 66.4 Å². The van der Waals surface area contributed by atoms with E-state index < -0.39 is 29.6 Å². The van der Waals surface area contributed by atoms with Crippen molar-refractivity contribution < 1.29 is 23.5 Å². The molecule has 1 aromatic carbocycles. The number of carbonyl (C=O) groups is 2. The lowest BCUT2D eigenvalue weighted by molar-refractivity contribution is -0.141. The molecule has 0 aliphatic heterocycles. The van der Waals surface area contributed by atoms with Crippen LogP contribution in [0.5, 0.6) is 0 Å². The van der Waals surface area contributed by atoms with Crippen molar-refractivity contribution in [1.82, 2.24) is 5.32 Å². The van der Waals surface area contributed by atoms with Crippen LogP contribution in [0.2, 0.25) is 0 Å². The van der Waals surface area contributed by atoms with Gasteiger partial charge in [-0.15, -0.1) is 11.8 Å². The van der Waals surface area contributed by atoms with Crippen molar-refractivity contribution in [3.8, 4) is 0 Å². The van der Waals surface area contributed by atoms with E-state index >= 15 is 0 Å². The van der Waals surface area contributed by atoms with Gasteiger partial charge in [0.05, 0.1) is 5.75 Å². The van der Waals surface area contributed by atoms with Crippen LogP contribution >= 0.6 is 11.8 Å². The Kier molecular flexibility index (Phi) is 6.44. The van der Waals surface area contributed by atoms with Crippen LogP contribution in [0, 0.1) is 11.6 Å². The molecule has 0 aliphatic carbocycles. The van der Waals surface area contributed by atoms with Crippen molar-refractivity contribution in [2.24, 2.45) is 0 Å². The molecule has 0 aliphatic rings. The van der Waals surface area contributed by atoms with Gasteiger partial charge in [-0.2, -0.15) is 0 Å². The lowest BCUT2D eigenvalue weighted by Gasteiger charge is -2.13. The Morgan fingerprint density at radius 3 is 2.60 bits per heavy atom. The number of rotatable bonds is 7. The van der Waals surface area contributed by atoms with Crippen LogP contribution in [-0.4, -0.2) is 28.8 Å². The minimum absolute atomic E-state index is 0.0570. The summed E-state index contributed by atoms with van der Waals surface area (Å²) in [5, 5.41) is 11.3. The molecule has 4 nitrogen and oxygen atoms in total. The van der Waals surface area contributed by atoms with E-state index in [-0.39, 0.29) is 5.75 Å². The number of amides is 1. The molecule has 110 valence electrons. The van der Waals surface area contributed by atoms with Crippen molar-refractivity contribution in [1.29, 1.82) is 0 Å². The van der Waals surface area contributed by atoms with Gasteiger partial charge < -0.3 is 10.4 Å². The van der Waals surface area contributed by atoms with E-state index in [1.807, 2.05) is 6.92 Å². The van der Waals surface area contributed by atoms with E-state index in [4.69, 9.17) is 5.11 Å². The molecule has 2 N–H and O–H groups in total. The number of benzene rings is 1. The number of hydrogen-bond donors (Lipinski definition) is 2. The first-order valence-electron chi connectivity index (χ1n) is 6.04. The molecule has 20 heavy (non-hydrogen) atoms. The summed E-state index contributed by atoms with van der Waals surface area (Å²) in [6, 6.07) is 2.41. The van der Waals surface area contributed by atoms with Crippen LogP contribution in [0.25, 0.3) is 0 Å². The molecule has 0 saturated carbocycles. The number of carboxylic acids is 1. The fourth-order valence-corrected chi connectivity index (χ4v) is 2.23. The van der Waals surface area contributed by atoms with E-state index in [1.165, 1.54) is 6.07 Å². The summed E-state index contributed by atoms with van der Waals surface area (Å²) in [6.45, 7) is 1.82. The van der Waals surface area contributed by atoms with Crippen molar-refractivity contribution in [2.45, 2.75) is 30.7 Å². The highest BCUT2D eigenvalue weighted by molar-refractivity contribution is 8.00. The highest BCUT2D eigenvalue weighted by Crippen LogP contribution is 2.20. The van der Waals surface area contributed by atoms with E-state index in [2.05, 4.69) is 5.32 Å². The molecule has 0 bridgehead atoms. The summed E-state index contributed by atoms with van der Waals surface area (Å²) in [4.78, 5) is 22.9. The zero-order valence-electron chi connectivity index (χ0n) is 10.9. The molecule has 0 spiro atoms. The van der Waals surface area contributed by atoms with Crippen LogP contribution in [-0.2, 0) is 9.59 Å². The predicted octanol–water partition coefficient (Wildman–Crippen LogP) is 2.43. The summed E-state index contributed by atoms with van der Waals surface area (Å²) >= 11 is 1.01. The maximum atomic E-state index is 13.0. The maximum absolute atomic E-state index is 13.0. The number of halogens is 2. The fourth-order valence-electron chi connectivity index (χ4n) is 1.50. The van der Waals surface area contributed by atoms with Gasteiger partial charge in [0.25, 0.3) is 0 Å². The molecule has 7 heteroatoms. The van der Waals surface area contributed by atoms with Gasteiger partial charge in [0.2, 0.25) is 5.91 Å². The van der Waals surface area contributed by atoms with E-state index in [9.17, 15) is 18.4 Å². The monoisotopic (exact) mass is 303 g/mol. The average molecular weight is 303 g/mol. The summed E-state index contributed by atoms with van der Waals surface area (Å²) in [7, 11) is 0. The first-order valence-corrected chi connectivity index (χ1v) is 7.02. The predicted molar refractivity (Wildman–Crippen MR) is 71.6 cm³/mol. The molecule has 0 heterocycles. The molecular formula is C13H15F2NO3S. The number of thioether (sulfide) groups is 1. The Hall–Kier alpha value is -1.63. The zero-order valence-corrected chi connectivity index (χ0v) is 11.7. The van der Waals surface area contributed by atoms with E-state index in [1.54, 1.807) is 0 Å². The van der Waals surface area contributed by atoms with E-state index in [0.717, 1.165) is 23.9 Å². The third-order valence-corrected chi connectivity index (χ3v) is 3.47. The lowest BCUT2D eigenvalue weighted by Crippen LogP contribution is -2.41.